The molecule has 2 aliphatic rings. The molecule has 0 radical (unpaired) electrons. The fourth-order valence-electron chi connectivity index (χ4n) is 8.66. The van der Waals surface area contributed by atoms with Crippen molar-refractivity contribution in [2.24, 2.45) is 0 Å². The number of ether oxygens (including phenoxy) is 4. The van der Waals surface area contributed by atoms with Crippen molar-refractivity contribution in [3.05, 3.63) is 131 Å². The molecule has 8 heterocycles. The number of rotatable bonds is 6. The number of carbonyl (C=O) groups is 2. The SMILES string of the molecule is Cc1cc(NC(=O)OC(C)(C)C)c2nc1O[C@H](C)CC=CCc1cn(Cc3ccccc3)nc1-c1nnc-2o1.Cc1cc(NC(=O)OC(C)(C)C)c2nc1O[C@H](C)CCCCc1cn(Cc3ccccc3)nc1-c1nnc-2o1. The molecule has 6 aromatic heterocycles. The Hall–Kier alpha value is -8.68. The molecule has 20 heteroatoms. The summed E-state index contributed by atoms with van der Waals surface area (Å²) < 4.78 is 39.3. The van der Waals surface area contributed by atoms with E-state index in [1.54, 1.807) is 53.7 Å². The monoisotopic (exact) mass is 1060 g/mol. The first-order valence-electron chi connectivity index (χ1n) is 26.2. The second-order valence-corrected chi connectivity index (χ2v) is 21.5. The number of amides is 2. The summed E-state index contributed by atoms with van der Waals surface area (Å²) in [5.74, 6) is 1.71. The van der Waals surface area contributed by atoms with Crippen LogP contribution in [0.3, 0.4) is 0 Å². The van der Waals surface area contributed by atoms with Gasteiger partial charge in [-0.05, 0) is 125 Å². The van der Waals surface area contributed by atoms with E-state index < -0.39 is 23.4 Å². The number of nitrogens with zero attached hydrogens (tertiary/aromatic N) is 10. The number of aryl methyl sites for hydroxylation is 3. The highest BCUT2D eigenvalue weighted by Crippen LogP contribution is 2.36. The molecule has 0 aliphatic carbocycles. The molecule has 0 unspecified atom stereocenters. The van der Waals surface area contributed by atoms with E-state index in [4.69, 9.17) is 43.0 Å². The minimum atomic E-state index is -0.668. The molecule has 2 aliphatic heterocycles. The molecule has 8 bridgehead atoms. The van der Waals surface area contributed by atoms with Crippen LogP contribution in [0.25, 0.3) is 46.3 Å². The number of aromatic nitrogens is 10. The Morgan fingerprint density at radius 2 is 1.05 bits per heavy atom. The molecule has 8 aromatic rings. The van der Waals surface area contributed by atoms with Crippen LogP contribution in [0.1, 0.15) is 114 Å². The zero-order valence-electron chi connectivity index (χ0n) is 45.8. The summed E-state index contributed by atoms with van der Waals surface area (Å²) in [6.45, 7) is 19.8. The standard InChI is InChI=1S/C29H34N6O4.C29H32N6O4/c2*1-18-15-22(30-28(36)39-29(3,4)5)24-27-33-32-26(38-27)23-21(14-10-9-11-19(2)37-25(18)31-24)17-35(34-23)16-20-12-7-6-8-13-20/h6-8,12-13,15,17,19H,9-11,14,16H2,1-5H3,(H,30,36);6-10,12-13,15,17,19H,11,14,16H2,1-5H3,(H,30,36)/t2*19-/m11/s1. The molecule has 406 valence electrons. The lowest BCUT2D eigenvalue weighted by Gasteiger charge is -2.21. The summed E-state index contributed by atoms with van der Waals surface area (Å²) in [5.41, 5.74) is 7.05. The topological polar surface area (TPSA) is 234 Å². The molecule has 2 amide bonds. The Morgan fingerprint density at radius 3 is 1.54 bits per heavy atom. The molecule has 0 saturated carbocycles. The van der Waals surface area contributed by atoms with Crippen molar-refractivity contribution in [2.45, 2.75) is 144 Å². The van der Waals surface area contributed by atoms with Crippen LogP contribution in [0.15, 0.2) is 106 Å². The average molecular weight is 1060 g/mol. The van der Waals surface area contributed by atoms with Crippen molar-refractivity contribution in [1.82, 2.24) is 49.9 Å². The van der Waals surface area contributed by atoms with Crippen molar-refractivity contribution in [3.63, 3.8) is 0 Å². The van der Waals surface area contributed by atoms with Gasteiger partial charge in [-0.2, -0.15) is 10.2 Å². The van der Waals surface area contributed by atoms with Crippen molar-refractivity contribution in [3.8, 4) is 58.1 Å². The first-order valence-corrected chi connectivity index (χ1v) is 26.2. The number of benzene rings is 2. The quantitative estimate of drug-likeness (QED) is 0.147. The molecule has 2 aromatic carbocycles. The predicted molar refractivity (Wildman–Crippen MR) is 293 cm³/mol. The highest BCUT2D eigenvalue weighted by Gasteiger charge is 2.28. The molecule has 2 N–H and O–H groups in total. The van der Waals surface area contributed by atoms with E-state index in [0.29, 0.717) is 72.0 Å². The maximum absolute atomic E-state index is 12.6. The lowest BCUT2D eigenvalue weighted by molar-refractivity contribution is 0.0624. The molecule has 0 fully saturated rings. The van der Waals surface area contributed by atoms with Crippen LogP contribution in [0.4, 0.5) is 21.0 Å². The van der Waals surface area contributed by atoms with Gasteiger partial charge in [-0.3, -0.25) is 20.0 Å². The van der Waals surface area contributed by atoms with E-state index in [1.165, 1.54) is 0 Å². The summed E-state index contributed by atoms with van der Waals surface area (Å²) in [6.07, 6.45) is 11.8. The first kappa shape index (κ1) is 54.1. The average Bonchev–Trinajstić information content (AvgIpc) is 4.28. The van der Waals surface area contributed by atoms with Gasteiger partial charge < -0.3 is 27.8 Å². The third kappa shape index (κ3) is 14.0. The fourth-order valence-corrected chi connectivity index (χ4v) is 8.66. The molecule has 20 nitrogen and oxygen atoms in total. The van der Waals surface area contributed by atoms with E-state index in [0.717, 1.165) is 59.1 Å². The normalized spacial score (nSPS) is 15.4. The van der Waals surface area contributed by atoms with Crippen LogP contribution in [0.2, 0.25) is 0 Å². The highest BCUT2D eigenvalue weighted by atomic mass is 16.6. The second-order valence-electron chi connectivity index (χ2n) is 21.5. The minimum Gasteiger partial charge on any atom is -0.474 e. The van der Waals surface area contributed by atoms with Crippen LogP contribution < -0.4 is 20.1 Å². The summed E-state index contributed by atoms with van der Waals surface area (Å²) in [6, 6.07) is 23.8. The summed E-state index contributed by atoms with van der Waals surface area (Å²) >= 11 is 0. The molecular formula is C58H66N12O8. The van der Waals surface area contributed by atoms with Crippen LogP contribution in [0, 0.1) is 13.8 Å². The van der Waals surface area contributed by atoms with Gasteiger partial charge in [-0.25, -0.2) is 19.6 Å². The van der Waals surface area contributed by atoms with E-state index in [2.05, 4.69) is 78.6 Å². The van der Waals surface area contributed by atoms with Crippen LogP contribution in [-0.2, 0) is 35.4 Å². The Kier molecular flexibility index (Phi) is 16.2. The van der Waals surface area contributed by atoms with Gasteiger partial charge in [0.2, 0.25) is 11.8 Å². The summed E-state index contributed by atoms with van der Waals surface area (Å²) in [5, 5.41) is 32.4. The van der Waals surface area contributed by atoms with Crippen molar-refractivity contribution in [1.29, 1.82) is 0 Å². The number of allylic oxidation sites excluding steroid dienone is 1. The Labute approximate surface area is 453 Å². The number of carbonyl (C=O) groups excluding carboxylic acids is 2. The van der Waals surface area contributed by atoms with Crippen LogP contribution in [0.5, 0.6) is 11.8 Å². The van der Waals surface area contributed by atoms with Crippen molar-refractivity contribution in [2.75, 3.05) is 10.6 Å². The predicted octanol–water partition coefficient (Wildman–Crippen LogP) is 12.2. The Balaban J connectivity index is 0.000000190. The maximum Gasteiger partial charge on any atom is 0.412 e. The molecule has 0 spiro atoms. The summed E-state index contributed by atoms with van der Waals surface area (Å²) in [4.78, 5) is 34.6. The second kappa shape index (κ2) is 23.3. The first-order chi connectivity index (χ1) is 37.3. The van der Waals surface area contributed by atoms with Crippen LogP contribution in [-0.4, -0.2) is 85.5 Å². The van der Waals surface area contributed by atoms with Gasteiger partial charge in [-0.1, -0.05) is 72.8 Å². The molecule has 10 rings (SSSR count). The number of fused-ring (bicyclic) bond motifs is 14. The zero-order chi connectivity index (χ0) is 55.1. The lowest BCUT2D eigenvalue weighted by Crippen LogP contribution is -2.27. The molecule has 0 saturated heterocycles. The van der Waals surface area contributed by atoms with Gasteiger partial charge in [0, 0.05) is 41.1 Å². The number of nitrogens with one attached hydrogen (secondary N) is 2. The smallest absolute Gasteiger partial charge is 0.412 e. The van der Waals surface area contributed by atoms with Gasteiger partial charge in [0.05, 0.1) is 30.6 Å². The van der Waals surface area contributed by atoms with Crippen LogP contribution >= 0.6 is 0 Å². The minimum absolute atomic E-state index is 0.0461. The molecule has 78 heavy (non-hydrogen) atoms. The van der Waals surface area contributed by atoms with Gasteiger partial charge >= 0.3 is 12.2 Å². The fraction of sp³-hybridized carbons (Fsp3) is 0.379. The third-order valence-electron chi connectivity index (χ3n) is 12.2. The molecule has 2 atom stereocenters. The Morgan fingerprint density at radius 1 is 0.603 bits per heavy atom. The van der Waals surface area contributed by atoms with Crippen molar-refractivity contribution < 1.29 is 37.4 Å². The highest BCUT2D eigenvalue weighted by molar-refractivity contribution is 5.90. The van der Waals surface area contributed by atoms with E-state index >= 15 is 0 Å². The van der Waals surface area contributed by atoms with E-state index in [-0.39, 0.29) is 35.6 Å². The Bertz CT molecular complexity index is 3400. The number of anilines is 2. The van der Waals surface area contributed by atoms with Gasteiger partial charge in [-0.15, -0.1) is 20.4 Å². The largest absolute Gasteiger partial charge is 0.474 e. The number of hydrogen-bond donors (Lipinski definition) is 2. The summed E-state index contributed by atoms with van der Waals surface area (Å²) in [7, 11) is 0. The van der Waals surface area contributed by atoms with Gasteiger partial charge in [0.15, 0.2) is 22.8 Å². The third-order valence-corrected chi connectivity index (χ3v) is 12.2. The molecular weight excluding hydrogens is 993 g/mol. The number of hydrogen-bond acceptors (Lipinski definition) is 16. The van der Waals surface area contributed by atoms with Gasteiger partial charge in [0.25, 0.3) is 23.6 Å². The zero-order valence-corrected chi connectivity index (χ0v) is 45.8. The van der Waals surface area contributed by atoms with Gasteiger partial charge in [0.1, 0.15) is 17.3 Å². The van der Waals surface area contributed by atoms with E-state index in [1.807, 2.05) is 79.7 Å². The lowest BCUT2D eigenvalue weighted by atomic mass is 10.1. The maximum atomic E-state index is 12.6. The number of pyridine rings is 2. The van der Waals surface area contributed by atoms with Crippen molar-refractivity contribution >= 4 is 23.6 Å². The van der Waals surface area contributed by atoms with E-state index in [9.17, 15) is 9.59 Å².